The van der Waals surface area contributed by atoms with E-state index in [1.807, 2.05) is 25.1 Å². The van der Waals surface area contributed by atoms with Crippen LogP contribution in [-0.2, 0) is 16.4 Å². The summed E-state index contributed by atoms with van der Waals surface area (Å²) < 4.78 is 36.3. The number of nitrogens with one attached hydrogen (secondary N) is 1. The van der Waals surface area contributed by atoms with E-state index in [2.05, 4.69) is 25.0 Å². The van der Waals surface area contributed by atoms with E-state index in [1.54, 1.807) is 7.11 Å². The van der Waals surface area contributed by atoms with E-state index in [9.17, 15) is 8.42 Å². The lowest BCUT2D eigenvalue weighted by Gasteiger charge is -2.34. The van der Waals surface area contributed by atoms with Crippen LogP contribution in [0.4, 0.5) is 5.13 Å². The Morgan fingerprint density at radius 3 is 2.77 bits per heavy atom. The van der Waals surface area contributed by atoms with Crippen molar-refractivity contribution in [3.05, 3.63) is 35.7 Å². The lowest BCUT2D eigenvalue weighted by atomic mass is 10.1. The summed E-state index contributed by atoms with van der Waals surface area (Å²) in [6, 6.07) is 7.97. The molecule has 3 rings (SSSR count). The number of rotatable bonds is 11. The molecule has 2 aromatic rings. The summed E-state index contributed by atoms with van der Waals surface area (Å²) in [5.41, 5.74) is 1.13. The molecular weight excluding hydrogens is 422 g/mol. The predicted octanol–water partition coefficient (Wildman–Crippen LogP) is 1.98. The van der Waals surface area contributed by atoms with E-state index < -0.39 is 10.0 Å². The maximum absolute atomic E-state index is 11.9. The lowest BCUT2D eigenvalue weighted by molar-refractivity contribution is 0.262. The van der Waals surface area contributed by atoms with Crippen molar-refractivity contribution in [2.45, 2.75) is 26.2 Å². The molecule has 0 unspecified atom stereocenters. The van der Waals surface area contributed by atoms with Gasteiger partial charge in [0.25, 0.3) is 0 Å². The molecule has 0 aliphatic carbocycles. The third-order valence-corrected chi connectivity index (χ3v) is 7.40. The van der Waals surface area contributed by atoms with Gasteiger partial charge in [0.15, 0.2) is 0 Å². The molecule has 1 N–H and O–H groups in total. The second-order valence-corrected chi connectivity index (χ2v) is 10.1. The Bertz CT molecular complexity index is 895. The molecule has 0 amide bonds. The number of methoxy groups -OCH3 is 1. The number of ether oxygens (including phenoxy) is 1. The van der Waals surface area contributed by atoms with Crippen molar-refractivity contribution in [3.8, 4) is 5.75 Å². The number of sulfonamides is 1. The van der Waals surface area contributed by atoms with Gasteiger partial charge < -0.3 is 9.64 Å². The van der Waals surface area contributed by atoms with E-state index in [0.29, 0.717) is 19.4 Å². The number of piperazine rings is 1. The average molecular weight is 454 g/mol. The zero-order chi connectivity index (χ0) is 21.4. The van der Waals surface area contributed by atoms with Crippen molar-refractivity contribution in [2.24, 2.45) is 0 Å². The maximum Gasteiger partial charge on any atom is 0.211 e. The first-order valence-electron chi connectivity index (χ1n) is 10.4. The third-order valence-electron chi connectivity index (χ3n) is 5.11. The number of nitrogens with zero attached hydrogens (tertiary/aromatic N) is 4. The topological polar surface area (TPSA) is 87.7 Å². The molecule has 0 spiro atoms. The van der Waals surface area contributed by atoms with Gasteiger partial charge in [-0.15, -0.1) is 0 Å². The van der Waals surface area contributed by atoms with E-state index >= 15 is 0 Å². The monoisotopic (exact) mass is 453 g/mol. The van der Waals surface area contributed by atoms with E-state index in [4.69, 9.17) is 9.72 Å². The summed E-state index contributed by atoms with van der Waals surface area (Å²) in [7, 11) is -1.47. The second kappa shape index (κ2) is 11.0. The van der Waals surface area contributed by atoms with Gasteiger partial charge in [0.2, 0.25) is 15.2 Å². The fraction of sp³-hybridized carbons (Fsp3) is 0.600. The Morgan fingerprint density at radius 2 is 2.03 bits per heavy atom. The highest BCUT2D eigenvalue weighted by Gasteiger charge is 2.20. The number of unbranched alkanes of at least 4 members (excludes halogenated alkanes) is 1. The van der Waals surface area contributed by atoms with Gasteiger partial charge in [0.05, 0.1) is 12.9 Å². The predicted molar refractivity (Wildman–Crippen MR) is 121 cm³/mol. The van der Waals surface area contributed by atoms with Crippen LogP contribution in [0.15, 0.2) is 24.3 Å². The molecule has 1 saturated heterocycles. The SMILES string of the molecule is CCCCS(=O)(=O)NCCN1CCN(c2nc(Cc3cccc(OC)c3)ns2)CC1. The number of anilines is 1. The van der Waals surface area contributed by atoms with Crippen molar-refractivity contribution in [2.75, 3.05) is 57.0 Å². The summed E-state index contributed by atoms with van der Waals surface area (Å²) >= 11 is 1.44. The summed E-state index contributed by atoms with van der Waals surface area (Å²) in [6.45, 7) is 6.72. The summed E-state index contributed by atoms with van der Waals surface area (Å²) in [6.07, 6.45) is 2.28. The highest BCUT2D eigenvalue weighted by atomic mass is 32.2. The van der Waals surface area contributed by atoms with E-state index in [0.717, 1.165) is 61.4 Å². The van der Waals surface area contributed by atoms with Gasteiger partial charge in [-0.05, 0) is 24.1 Å². The highest BCUT2D eigenvalue weighted by molar-refractivity contribution is 7.89. The van der Waals surface area contributed by atoms with Gasteiger partial charge >= 0.3 is 0 Å². The summed E-state index contributed by atoms with van der Waals surface area (Å²) in [4.78, 5) is 9.26. The van der Waals surface area contributed by atoms with Crippen molar-refractivity contribution < 1.29 is 13.2 Å². The lowest BCUT2D eigenvalue weighted by Crippen LogP contribution is -2.48. The number of hydrogen-bond acceptors (Lipinski definition) is 8. The highest BCUT2D eigenvalue weighted by Crippen LogP contribution is 2.21. The number of aromatic nitrogens is 2. The van der Waals surface area contributed by atoms with Crippen LogP contribution in [0.25, 0.3) is 0 Å². The van der Waals surface area contributed by atoms with E-state index in [1.165, 1.54) is 11.5 Å². The smallest absolute Gasteiger partial charge is 0.211 e. The molecule has 1 fully saturated rings. The van der Waals surface area contributed by atoms with Gasteiger partial charge in [-0.3, -0.25) is 4.90 Å². The second-order valence-electron chi connectivity index (χ2n) is 7.42. The van der Waals surface area contributed by atoms with Crippen LogP contribution in [0.3, 0.4) is 0 Å². The Balaban J connectivity index is 1.43. The zero-order valence-electron chi connectivity index (χ0n) is 17.7. The summed E-state index contributed by atoms with van der Waals surface area (Å²) in [5, 5.41) is 0.952. The normalized spacial score (nSPS) is 15.5. The van der Waals surface area contributed by atoms with Crippen LogP contribution in [-0.4, -0.2) is 74.8 Å². The molecule has 0 atom stereocenters. The molecule has 166 valence electrons. The van der Waals surface area contributed by atoms with Gasteiger partial charge in [0, 0.05) is 57.2 Å². The molecular formula is C20H31N5O3S2. The first-order chi connectivity index (χ1) is 14.5. The molecule has 30 heavy (non-hydrogen) atoms. The Labute approximate surface area is 183 Å². The third kappa shape index (κ3) is 6.90. The minimum absolute atomic E-state index is 0.215. The summed E-state index contributed by atoms with van der Waals surface area (Å²) in [5.74, 6) is 1.88. The Hall–Kier alpha value is -1.75. The largest absolute Gasteiger partial charge is 0.497 e. The Kier molecular flexibility index (Phi) is 8.43. The fourth-order valence-electron chi connectivity index (χ4n) is 3.34. The first kappa shape index (κ1) is 22.9. The quantitative estimate of drug-likeness (QED) is 0.557. The van der Waals surface area contributed by atoms with Crippen LogP contribution < -0.4 is 14.4 Å². The Morgan fingerprint density at radius 1 is 1.23 bits per heavy atom. The number of benzene rings is 1. The first-order valence-corrected chi connectivity index (χ1v) is 12.8. The van der Waals surface area contributed by atoms with Crippen molar-refractivity contribution in [3.63, 3.8) is 0 Å². The maximum atomic E-state index is 11.9. The zero-order valence-corrected chi connectivity index (χ0v) is 19.3. The van der Waals surface area contributed by atoms with Gasteiger partial charge in [-0.25, -0.2) is 18.1 Å². The molecule has 0 radical (unpaired) electrons. The number of hydrogen-bond donors (Lipinski definition) is 1. The van der Waals surface area contributed by atoms with E-state index in [-0.39, 0.29) is 5.75 Å². The van der Waals surface area contributed by atoms with Crippen LogP contribution in [0.2, 0.25) is 0 Å². The van der Waals surface area contributed by atoms with Crippen LogP contribution in [0.5, 0.6) is 5.75 Å². The van der Waals surface area contributed by atoms with Crippen LogP contribution in [0, 0.1) is 0 Å². The molecule has 1 aromatic carbocycles. The molecule has 0 saturated carbocycles. The van der Waals surface area contributed by atoms with Crippen molar-refractivity contribution in [1.29, 1.82) is 0 Å². The van der Waals surface area contributed by atoms with Crippen LogP contribution in [0.1, 0.15) is 31.2 Å². The molecule has 8 nitrogen and oxygen atoms in total. The fourth-order valence-corrected chi connectivity index (χ4v) is 5.29. The standard InChI is InChI=1S/C20H31N5O3S2/c1-3-4-14-30(26,27)21-8-9-24-10-12-25(13-11-24)20-22-19(23-29-20)16-17-6-5-7-18(15-17)28-2/h5-7,15,21H,3-4,8-14,16H2,1-2H3. The average Bonchev–Trinajstić information content (AvgIpc) is 3.21. The van der Waals surface area contributed by atoms with Crippen LogP contribution >= 0.6 is 11.5 Å². The molecule has 1 aliphatic heterocycles. The minimum atomic E-state index is -3.14. The van der Waals surface area contributed by atoms with Gasteiger partial charge in [0.1, 0.15) is 11.6 Å². The molecule has 0 bridgehead atoms. The van der Waals surface area contributed by atoms with Crippen molar-refractivity contribution >= 4 is 26.7 Å². The van der Waals surface area contributed by atoms with Gasteiger partial charge in [-0.2, -0.15) is 4.37 Å². The minimum Gasteiger partial charge on any atom is -0.497 e. The molecule has 1 aliphatic rings. The molecule has 10 heteroatoms. The molecule has 2 heterocycles. The molecule has 1 aromatic heterocycles. The van der Waals surface area contributed by atoms with Gasteiger partial charge in [-0.1, -0.05) is 25.5 Å². The van der Waals surface area contributed by atoms with Crippen molar-refractivity contribution in [1.82, 2.24) is 19.0 Å².